The van der Waals surface area contributed by atoms with Crippen molar-refractivity contribution in [3.8, 4) is 0 Å². The number of carbonyl (C=O) groups is 1. The van der Waals surface area contributed by atoms with Crippen LogP contribution in [0, 0.1) is 0 Å². The molecule has 0 aliphatic carbocycles. The Kier molecular flexibility index (Phi) is 5.17. The number of hydrogen-bond donors (Lipinski definition) is 2. The van der Waals surface area contributed by atoms with E-state index in [9.17, 15) is 4.79 Å². The van der Waals surface area contributed by atoms with Crippen LogP contribution >= 0.6 is 11.3 Å². The molecule has 0 unspecified atom stereocenters. The Morgan fingerprint density at radius 1 is 1.57 bits per heavy atom. The third-order valence-corrected chi connectivity index (χ3v) is 2.32. The van der Waals surface area contributed by atoms with Crippen molar-refractivity contribution in [1.29, 1.82) is 0 Å². The maximum atomic E-state index is 11.4. The van der Waals surface area contributed by atoms with Gasteiger partial charge in [-0.25, -0.2) is 4.98 Å². The van der Waals surface area contributed by atoms with Crippen molar-refractivity contribution in [1.82, 2.24) is 15.6 Å². The summed E-state index contributed by atoms with van der Waals surface area (Å²) in [5.74, 6) is -0.0808. The molecule has 0 saturated carbocycles. The molecule has 2 N–H and O–H groups in total. The van der Waals surface area contributed by atoms with E-state index < -0.39 is 0 Å². The zero-order valence-electron chi connectivity index (χ0n) is 8.25. The summed E-state index contributed by atoms with van der Waals surface area (Å²) in [6.07, 6.45) is 0.948. The lowest BCUT2D eigenvalue weighted by atomic mass is 10.4. The van der Waals surface area contributed by atoms with E-state index in [1.165, 1.54) is 11.3 Å². The molecule has 78 valence electrons. The minimum Gasteiger partial charge on any atom is -0.351 e. The molecule has 0 atom stereocenters. The Labute approximate surface area is 87.7 Å². The van der Waals surface area contributed by atoms with Gasteiger partial charge in [0.05, 0.1) is 5.51 Å². The van der Waals surface area contributed by atoms with E-state index in [0.717, 1.165) is 19.5 Å². The first kappa shape index (κ1) is 11.1. The van der Waals surface area contributed by atoms with E-state index in [2.05, 4.69) is 22.5 Å². The van der Waals surface area contributed by atoms with Gasteiger partial charge in [-0.15, -0.1) is 11.3 Å². The van der Waals surface area contributed by atoms with Crippen LogP contribution in [0.2, 0.25) is 0 Å². The van der Waals surface area contributed by atoms with Crippen molar-refractivity contribution in [3.05, 3.63) is 16.6 Å². The highest BCUT2D eigenvalue weighted by molar-refractivity contribution is 7.07. The van der Waals surface area contributed by atoms with E-state index >= 15 is 0 Å². The molecule has 1 heterocycles. The van der Waals surface area contributed by atoms with Gasteiger partial charge in [0.1, 0.15) is 5.69 Å². The highest BCUT2D eigenvalue weighted by Crippen LogP contribution is 1.99. The first-order valence-electron chi connectivity index (χ1n) is 4.71. The van der Waals surface area contributed by atoms with Gasteiger partial charge in [0.15, 0.2) is 0 Å². The maximum Gasteiger partial charge on any atom is 0.270 e. The van der Waals surface area contributed by atoms with Crippen LogP contribution in [-0.4, -0.2) is 30.5 Å². The first-order chi connectivity index (χ1) is 6.84. The van der Waals surface area contributed by atoms with Gasteiger partial charge in [-0.3, -0.25) is 4.79 Å². The van der Waals surface area contributed by atoms with Crippen LogP contribution in [0.4, 0.5) is 0 Å². The predicted octanol–water partition coefficient (Wildman–Crippen LogP) is 0.872. The van der Waals surface area contributed by atoms with Crippen molar-refractivity contribution in [2.45, 2.75) is 13.3 Å². The number of nitrogens with zero attached hydrogens (tertiary/aromatic N) is 1. The molecule has 1 aromatic rings. The number of thiazole rings is 1. The highest BCUT2D eigenvalue weighted by atomic mass is 32.1. The van der Waals surface area contributed by atoms with Crippen molar-refractivity contribution in [2.75, 3.05) is 19.6 Å². The fourth-order valence-corrected chi connectivity index (χ4v) is 1.54. The first-order valence-corrected chi connectivity index (χ1v) is 5.66. The third kappa shape index (κ3) is 3.85. The van der Waals surface area contributed by atoms with Crippen LogP contribution in [-0.2, 0) is 0 Å². The van der Waals surface area contributed by atoms with Crippen LogP contribution in [0.3, 0.4) is 0 Å². The summed E-state index contributed by atoms with van der Waals surface area (Å²) in [6, 6.07) is 0. The zero-order valence-corrected chi connectivity index (χ0v) is 9.06. The van der Waals surface area contributed by atoms with E-state index in [1.54, 1.807) is 10.9 Å². The summed E-state index contributed by atoms with van der Waals surface area (Å²) in [4.78, 5) is 15.3. The maximum absolute atomic E-state index is 11.4. The van der Waals surface area contributed by atoms with Crippen LogP contribution in [0.5, 0.6) is 0 Å². The zero-order chi connectivity index (χ0) is 10.2. The fraction of sp³-hybridized carbons (Fsp3) is 0.556. The van der Waals surface area contributed by atoms with E-state index in [4.69, 9.17) is 0 Å². The van der Waals surface area contributed by atoms with Gasteiger partial charge in [0.2, 0.25) is 0 Å². The second kappa shape index (κ2) is 6.50. The van der Waals surface area contributed by atoms with E-state index in [0.29, 0.717) is 12.2 Å². The average molecular weight is 213 g/mol. The van der Waals surface area contributed by atoms with Crippen molar-refractivity contribution in [3.63, 3.8) is 0 Å². The Balaban J connectivity index is 2.10. The molecule has 0 aliphatic rings. The molecule has 1 aromatic heterocycles. The smallest absolute Gasteiger partial charge is 0.270 e. The number of aromatic nitrogens is 1. The molecule has 4 nitrogen and oxygen atoms in total. The minimum absolute atomic E-state index is 0.0808. The molecule has 0 fully saturated rings. The molecular formula is C9H15N3OS. The summed E-state index contributed by atoms with van der Waals surface area (Å²) >= 11 is 1.43. The lowest BCUT2D eigenvalue weighted by molar-refractivity contribution is 0.0949. The fourth-order valence-electron chi connectivity index (χ4n) is 1.01. The summed E-state index contributed by atoms with van der Waals surface area (Å²) in [7, 11) is 0. The Bertz CT molecular complexity index is 261. The summed E-state index contributed by atoms with van der Waals surface area (Å²) in [6.45, 7) is 4.67. The molecular weight excluding hydrogens is 198 g/mol. The molecule has 0 radical (unpaired) electrons. The Morgan fingerprint density at radius 3 is 3.07 bits per heavy atom. The quantitative estimate of drug-likeness (QED) is 0.689. The number of carbonyl (C=O) groups excluding carboxylic acids is 1. The molecule has 0 saturated heterocycles. The predicted molar refractivity (Wildman–Crippen MR) is 57.6 cm³/mol. The molecule has 1 rings (SSSR count). The van der Waals surface area contributed by atoms with Gasteiger partial charge in [0.25, 0.3) is 5.91 Å². The van der Waals surface area contributed by atoms with E-state index in [1.807, 2.05) is 0 Å². The monoisotopic (exact) mass is 213 g/mol. The largest absolute Gasteiger partial charge is 0.351 e. The van der Waals surface area contributed by atoms with E-state index in [-0.39, 0.29) is 5.91 Å². The van der Waals surface area contributed by atoms with Crippen LogP contribution in [0.1, 0.15) is 23.8 Å². The number of rotatable bonds is 6. The number of hydrogen-bond acceptors (Lipinski definition) is 4. The average Bonchev–Trinajstić information content (AvgIpc) is 2.70. The molecule has 14 heavy (non-hydrogen) atoms. The van der Waals surface area contributed by atoms with Crippen molar-refractivity contribution < 1.29 is 4.79 Å². The molecule has 0 spiro atoms. The molecule has 5 heteroatoms. The van der Waals surface area contributed by atoms with Gasteiger partial charge < -0.3 is 10.6 Å². The summed E-state index contributed by atoms with van der Waals surface area (Å²) < 4.78 is 0. The second-order valence-electron chi connectivity index (χ2n) is 2.84. The van der Waals surface area contributed by atoms with Crippen molar-refractivity contribution >= 4 is 17.2 Å². The SMILES string of the molecule is CCNCCCNC(=O)c1cscn1. The minimum atomic E-state index is -0.0808. The van der Waals surface area contributed by atoms with Gasteiger partial charge in [-0.1, -0.05) is 6.92 Å². The van der Waals surface area contributed by atoms with Gasteiger partial charge in [-0.2, -0.15) is 0 Å². The molecule has 0 bridgehead atoms. The van der Waals surface area contributed by atoms with Gasteiger partial charge >= 0.3 is 0 Å². The molecule has 0 aliphatic heterocycles. The normalized spacial score (nSPS) is 10.1. The summed E-state index contributed by atoms with van der Waals surface area (Å²) in [5, 5.41) is 7.75. The second-order valence-corrected chi connectivity index (χ2v) is 3.56. The standard InChI is InChI=1S/C9H15N3OS/c1-2-10-4-3-5-11-9(13)8-6-14-7-12-8/h6-7,10H,2-5H2,1H3,(H,11,13). The third-order valence-electron chi connectivity index (χ3n) is 1.73. The lowest BCUT2D eigenvalue weighted by Crippen LogP contribution is -2.27. The van der Waals surface area contributed by atoms with Crippen LogP contribution < -0.4 is 10.6 Å². The lowest BCUT2D eigenvalue weighted by Gasteiger charge is -2.03. The van der Waals surface area contributed by atoms with Crippen molar-refractivity contribution in [2.24, 2.45) is 0 Å². The number of amides is 1. The van der Waals surface area contributed by atoms with Crippen LogP contribution in [0.15, 0.2) is 10.9 Å². The van der Waals surface area contributed by atoms with Gasteiger partial charge in [0, 0.05) is 11.9 Å². The highest BCUT2D eigenvalue weighted by Gasteiger charge is 2.05. The molecule has 1 amide bonds. The summed E-state index contributed by atoms with van der Waals surface area (Å²) in [5.41, 5.74) is 2.17. The van der Waals surface area contributed by atoms with Gasteiger partial charge in [-0.05, 0) is 19.5 Å². The molecule has 0 aromatic carbocycles. The number of nitrogens with one attached hydrogen (secondary N) is 2. The Morgan fingerprint density at radius 2 is 2.43 bits per heavy atom. The van der Waals surface area contributed by atoms with Crippen LogP contribution in [0.25, 0.3) is 0 Å². The Hall–Kier alpha value is -0.940. The topological polar surface area (TPSA) is 54.0 Å².